The van der Waals surface area contributed by atoms with Gasteiger partial charge < -0.3 is 4.74 Å². The van der Waals surface area contributed by atoms with E-state index in [1.807, 2.05) is 0 Å². The van der Waals surface area contributed by atoms with Crippen LogP contribution in [0, 0.1) is 0 Å². The molecule has 0 radical (unpaired) electrons. The molecule has 0 unspecified atom stereocenters. The van der Waals surface area contributed by atoms with Gasteiger partial charge in [-0.3, -0.25) is 0 Å². The Hall–Kier alpha value is -0.0231. The zero-order chi connectivity index (χ0) is 8.20. The first-order chi connectivity index (χ1) is 4.42. The molecule has 0 aliphatic carbocycles. The van der Waals surface area contributed by atoms with Gasteiger partial charge in [0.2, 0.25) is 0 Å². The van der Waals surface area contributed by atoms with Crippen molar-refractivity contribution in [2.75, 3.05) is 6.61 Å². The maximum atomic E-state index is 10.1. The van der Waals surface area contributed by atoms with Gasteiger partial charge in [0.25, 0.3) is 0 Å². The lowest BCUT2D eigenvalue weighted by molar-refractivity contribution is 0.179. The molecule has 0 atom stereocenters. The van der Waals surface area contributed by atoms with Crippen molar-refractivity contribution in [2.24, 2.45) is 0 Å². The van der Waals surface area contributed by atoms with Gasteiger partial charge in [0.1, 0.15) is 0 Å². The molecule has 0 aromatic rings. The molecule has 0 aliphatic rings. The van der Waals surface area contributed by atoms with E-state index in [0.717, 1.165) is 6.04 Å². The van der Waals surface area contributed by atoms with Crippen molar-refractivity contribution >= 4 is 25.1 Å². The summed E-state index contributed by atoms with van der Waals surface area (Å²) in [6.45, 7) is 7.12. The van der Waals surface area contributed by atoms with Gasteiger partial charge in [0, 0.05) is 19.7 Å². The fourth-order valence-corrected chi connectivity index (χ4v) is 1.23. The molecule has 0 rings (SSSR count). The molecule has 0 aromatic carbocycles. The van der Waals surface area contributed by atoms with Gasteiger partial charge >= 0.3 is 5.43 Å². The molecule has 0 bridgehead atoms. The Morgan fingerprint density at radius 2 is 2.00 bits per heavy atom. The minimum atomic E-state index is -1.06. The van der Waals surface area contributed by atoms with Gasteiger partial charge in [-0.2, -0.15) is 0 Å². The first-order valence-corrected chi connectivity index (χ1v) is 7.32. The second-order valence-electron chi connectivity index (χ2n) is 3.40. The Balaban J connectivity index is 3.29. The van der Waals surface area contributed by atoms with Crippen LogP contribution in [0.1, 0.15) is 0 Å². The standard InChI is InChI=1S/C6H13ClO2Si/c1-10(2,3)5-4-9-6(7)8/h4-5H2,1-3H3. The molecule has 60 valence electrons. The molecule has 0 saturated heterocycles. The maximum Gasteiger partial charge on any atom is 0.403 e. The molecular weight excluding hydrogens is 168 g/mol. The minimum absolute atomic E-state index is 0.470. The van der Waals surface area contributed by atoms with Crippen LogP contribution in [-0.2, 0) is 4.74 Å². The third-order valence-electron chi connectivity index (χ3n) is 1.07. The predicted molar refractivity (Wildman–Crippen MR) is 45.4 cm³/mol. The number of ether oxygens (including phenoxy) is 1. The van der Waals surface area contributed by atoms with Crippen LogP contribution in [0.3, 0.4) is 0 Å². The van der Waals surface area contributed by atoms with Crippen LogP contribution in [0.4, 0.5) is 4.79 Å². The van der Waals surface area contributed by atoms with Crippen molar-refractivity contribution in [3.63, 3.8) is 0 Å². The van der Waals surface area contributed by atoms with Crippen LogP contribution in [0.25, 0.3) is 0 Å². The van der Waals surface area contributed by atoms with Crippen LogP contribution < -0.4 is 0 Å². The summed E-state index contributed by atoms with van der Waals surface area (Å²) in [5, 5.41) is 0. The van der Waals surface area contributed by atoms with Crippen molar-refractivity contribution in [2.45, 2.75) is 25.7 Å². The fourth-order valence-electron chi connectivity index (χ4n) is 0.437. The normalized spacial score (nSPS) is 11.2. The molecule has 2 nitrogen and oxygen atoms in total. The number of hydrogen-bond acceptors (Lipinski definition) is 2. The average Bonchev–Trinajstić information content (AvgIpc) is 1.59. The van der Waals surface area contributed by atoms with Gasteiger partial charge in [-0.1, -0.05) is 19.6 Å². The third kappa shape index (κ3) is 7.98. The average molecular weight is 181 g/mol. The zero-order valence-corrected chi connectivity index (χ0v) is 8.36. The Bertz CT molecular complexity index is 119. The molecule has 10 heavy (non-hydrogen) atoms. The Morgan fingerprint density at radius 1 is 1.50 bits per heavy atom. The first-order valence-electron chi connectivity index (χ1n) is 3.24. The summed E-state index contributed by atoms with van der Waals surface area (Å²) in [6.07, 6.45) is 0. The molecule has 4 heteroatoms. The fraction of sp³-hybridized carbons (Fsp3) is 0.833. The summed E-state index contributed by atoms with van der Waals surface area (Å²) >= 11 is 4.96. The van der Waals surface area contributed by atoms with Crippen molar-refractivity contribution in [1.29, 1.82) is 0 Å². The topological polar surface area (TPSA) is 26.3 Å². The van der Waals surface area contributed by atoms with E-state index < -0.39 is 13.5 Å². The highest BCUT2D eigenvalue weighted by atomic mass is 35.5. The highest BCUT2D eigenvalue weighted by Gasteiger charge is 2.12. The van der Waals surface area contributed by atoms with Crippen LogP contribution in [0.15, 0.2) is 0 Å². The highest BCUT2D eigenvalue weighted by molar-refractivity contribution is 6.76. The summed E-state index contributed by atoms with van der Waals surface area (Å²) in [6, 6.07) is 0.978. The Labute approximate surface area is 67.5 Å². The van der Waals surface area contributed by atoms with Crippen molar-refractivity contribution < 1.29 is 9.53 Å². The van der Waals surface area contributed by atoms with E-state index in [4.69, 9.17) is 11.6 Å². The number of carbonyl (C=O) groups excluding carboxylic acids is 1. The Morgan fingerprint density at radius 3 is 2.30 bits per heavy atom. The van der Waals surface area contributed by atoms with Crippen LogP contribution in [0.2, 0.25) is 25.7 Å². The molecule has 0 aromatic heterocycles. The van der Waals surface area contributed by atoms with Crippen LogP contribution in [-0.4, -0.2) is 20.1 Å². The second-order valence-corrected chi connectivity index (χ2v) is 9.33. The highest BCUT2D eigenvalue weighted by Crippen LogP contribution is 2.07. The van der Waals surface area contributed by atoms with Gasteiger partial charge in [-0.25, -0.2) is 4.79 Å². The minimum Gasteiger partial charge on any atom is -0.454 e. The zero-order valence-electron chi connectivity index (χ0n) is 6.61. The maximum absolute atomic E-state index is 10.1. The van der Waals surface area contributed by atoms with E-state index in [2.05, 4.69) is 24.4 Å². The molecule has 0 saturated carbocycles. The molecule has 0 spiro atoms. The smallest absolute Gasteiger partial charge is 0.403 e. The van der Waals surface area contributed by atoms with Crippen molar-refractivity contribution in [1.82, 2.24) is 0 Å². The molecule has 0 N–H and O–H groups in total. The first kappa shape index (κ1) is 9.98. The Kier molecular flexibility index (Phi) is 3.97. The monoisotopic (exact) mass is 180 g/mol. The molecule has 0 amide bonds. The largest absolute Gasteiger partial charge is 0.454 e. The SMILES string of the molecule is C[Si](C)(C)CCOC(=O)Cl. The lowest BCUT2D eigenvalue weighted by atomic mass is 10.9. The lowest BCUT2D eigenvalue weighted by Gasteiger charge is -2.13. The number of hydrogen-bond donors (Lipinski definition) is 0. The summed E-state index contributed by atoms with van der Waals surface area (Å²) < 4.78 is 4.58. The van der Waals surface area contributed by atoms with Gasteiger partial charge in [0.05, 0.1) is 6.61 Å². The molecular formula is C6H13ClO2Si. The van der Waals surface area contributed by atoms with Crippen molar-refractivity contribution in [3.05, 3.63) is 0 Å². The van der Waals surface area contributed by atoms with E-state index in [1.54, 1.807) is 0 Å². The van der Waals surface area contributed by atoms with E-state index in [9.17, 15) is 4.79 Å². The molecule has 0 aliphatic heterocycles. The second kappa shape index (κ2) is 3.98. The summed E-state index contributed by atoms with van der Waals surface area (Å²) in [7, 11) is -1.06. The van der Waals surface area contributed by atoms with E-state index in [0.29, 0.717) is 6.61 Å². The number of halogens is 1. The molecule has 0 fully saturated rings. The van der Waals surface area contributed by atoms with Crippen LogP contribution in [0.5, 0.6) is 0 Å². The van der Waals surface area contributed by atoms with Gasteiger partial charge in [-0.05, 0) is 6.04 Å². The van der Waals surface area contributed by atoms with Crippen molar-refractivity contribution in [3.8, 4) is 0 Å². The van der Waals surface area contributed by atoms with E-state index in [-0.39, 0.29) is 0 Å². The quantitative estimate of drug-likeness (QED) is 0.493. The molecule has 0 heterocycles. The lowest BCUT2D eigenvalue weighted by Crippen LogP contribution is -2.21. The van der Waals surface area contributed by atoms with Gasteiger partial charge in [-0.15, -0.1) is 0 Å². The van der Waals surface area contributed by atoms with E-state index >= 15 is 0 Å². The van der Waals surface area contributed by atoms with Crippen LogP contribution >= 0.6 is 11.6 Å². The number of rotatable bonds is 3. The number of carbonyl (C=O) groups is 1. The summed E-state index contributed by atoms with van der Waals surface area (Å²) in [5.41, 5.74) is -0.696. The summed E-state index contributed by atoms with van der Waals surface area (Å²) in [5.74, 6) is 0. The van der Waals surface area contributed by atoms with Gasteiger partial charge in [0.15, 0.2) is 0 Å². The summed E-state index contributed by atoms with van der Waals surface area (Å²) in [4.78, 5) is 10.1. The predicted octanol–water partition coefficient (Wildman–Crippen LogP) is 2.70. The third-order valence-corrected chi connectivity index (χ3v) is 2.88. The van der Waals surface area contributed by atoms with E-state index in [1.165, 1.54) is 0 Å².